The van der Waals surface area contributed by atoms with Crippen molar-refractivity contribution in [2.75, 3.05) is 27.9 Å². The van der Waals surface area contributed by atoms with Crippen LogP contribution in [0.4, 0.5) is 0 Å². The third-order valence-corrected chi connectivity index (χ3v) is 3.93. The van der Waals surface area contributed by atoms with Crippen LogP contribution in [0.5, 0.6) is 5.75 Å². The summed E-state index contributed by atoms with van der Waals surface area (Å²) in [5.41, 5.74) is 2.38. The van der Waals surface area contributed by atoms with Gasteiger partial charge in [-0.1, -0.05) is 12.1 Å². The number of hydrogen-bond donors (Lipinski definition) is 1. The van der Waals surface area contributed by atoms with Crippen molar-refractivity contribution in [2.45, 2.75) is 19.3 Å². The number of aromatic nitrogens is 1. The fourth-order valence-electron chi connectivity index (χ4n) is 2.60. The highest BCUT2D eigenvalue weighted by Crippen LogP contribution is 2.17. The van der Waals surface area contributed by atoms with Crippen LogP contribution in [0, 0.1) is 0 Å². The van der Waals surface area contributed by atoms with Gasteiger partial charge in [-0.05, 0) is 36.2 Å². The fourth-order valence-corrected chi connectivity index (χ4v) is 2.60. The lowest BCUT2D eigenvalue weighted by Crippen LogP contribution is -2.20. The number of methoxy groups -OCH3 is 2. The molecule has 1 amide bonds. The average Bonchev–Trinajstić information content (AvgIpc) is 2.67. The first-order valence-corrected chi connectivity index (χ1v) is 8.45. The summed E-state index contributed by atoms with van der Waals surface area (Å²) >= 11 is 0. The smallest absolute Gasteiger partial charge is 0.269 e. The number of rotatable bonds is 9. The minimum Gasteiger partial charge on any atom is -0.497 e. The van der Waals surface area contributed by atoms with Crippen molar-refractivity contribution < 1.29 is 19.1 Å². The minimum absolute atomic E-state index is 0.0264. The molecule has 0 spiro atoms. The van der Waals surface area contributed by atoms with E-state index in [0.717, 1.165) is 11.3 Å². The second-order valence-corrected chi connectivity index (χ2v) is 5.86. The van der Waals surface area contributed by atoms with E-state index in [2.05, 4.69) is 10.3 Å². The number of hydrogen-bond acceptors (Lipinski definition) is 5. The Kier molecular flexibility index (Phi) is 7.29. The Balaban J connectivity index is 2.30. The van der Waals surface area contributed by atoms with Gasteiger partial charge in [0.05, 0.1) is 7.11 Å². The number of pyridine rings is 1. The van der Waals surface area contributed by atoms with Gasteiger partial charge in [-0.3, -0.25) is 9.59 Å². The zero-order chi connectivity index (χ0) is 18.9. The van der Waals surface area contributed by atoms with E-state index >= 15 is 0 Å². The van der Waals surface area contributed by atoms with E-state index in [4.69, 9.17) is 9.47 Å². The molecule has 2 aromatic rings. The van der Waals surface area contributed by atoms with Gasteiger partial charge in [0.15, 0.2) is 5.78 Å². The normalized spacial score (nSPS) is 10.4. The van der Waals surface area contributed by atoms with Crippen LogP contribution < -0.4 is 10.1 Å². The van der Waals surface area contributed by atoms with E-state index in [0.29, 0.717) is 37.1 Å². The molecule has 0 radical (unpaired) electrons. The molecule has 0 atom stereocenters. The van der Waals surface area contributed by atoms with Crippen LogP contribution in [0.1, 0.15) is 44.9 Å². The zero-order valence-electron chi connectivity index (χ0n) is 15.4. The summed E-state index contributed by atoms with van der Waals surface area (Å²) < 4.78 is 10.2. The number of ketones is 1. The summed E-state index contributed by atoms with van der Waals surface area (Å²) in [5.74, 6) is 0.408. The number of Topliss-reactive ketones (excluding diaryl/α,β-unsaturated/α-hetero) is 1. The lowest BCUT2D eigenvalue weighted by atomic mass is 10.0. The molecule has 0 fully saturated rings. The molecule has 0 aliphatic rings. The monoisotopic (exact) mass is 356 g/mol. The van der Waals surface area contributed by atoms with Gasteiger partial charge in [0.1, 0.15) is 11.4 Å². The van der Waals surface area contributed by atoms with E-state index in [-0.39, 0.29) is 17.4 Å². The van der Waals surface area contributed by atoms with Gasteiger partial charge in [-0.15, -0.1) is 0 Å². The zero-order valence-corrected chi connectivity index (χ0v) is 15.4. The molecule has 0 unspecified atom stereocenters. The molecule has 0 aliphatic heterocycles. The molecule has 2 rings (SSSR count). The Morgan fingerprint density at radius 2 is 1.96 bits per heavy atom. The van der Waals surface area contributed by atoms with Gasteiger partial charge in [0.2, 0.25) is 0 Å². The quantitative estimate of drug-likeness (QED) is 0.552. The first-order valence-electron chi connectivity index (χ1n) is 8.45. The number of ether oxygens (including phenoxy) is 2. The maximum Gasteiger partial charge on any atom is 0.269 e. The second kappa shape index (κ2) is 9.68. The van der Waals surface area contributed by atoms with Crippen LogP contribution in [-0.4, -0.2) is 44.5 Å². The first-order chi connectivity index (χ1) is 12.6. The van der Waals surface area contributed by atoms with E-state index in [9.17, 15) is 9.59 Å². The molecule has 1 aromatic carbocycles. The largest absolute Gasteiger partial charge is 0.497 e. The Hall–Kier alpha value is -2.73. The SMILES string of the molecule is CNC(=O)c1cc(C(=O)CCCOC)cc(Cc2cccc(OC)c2)n1. The van der Waals surface area contributed by atoms with Gasteiger partial charge in [0.25, 0.3) is 5.91 Å². The maximum atomic E-state index is 12.5. The van der Waals surface area contributed by atoms with Crippen molar-refractivity contribution >= 4 is 11.7 Å². The molecular weight excluding hydrogens is 332 g/mol. The van der Waals surface area contributed by atoms with Crippen molar-refractivity contribution in [3.63, 3.8) is 0 Å². The standard InChI is InChI=1S/C20H24N2O4/c1-21-20(24)18-13-15(19(23)8-5-9-25-2)12-16(22-18)10-14-6-4-7-17(11-14)26-3/h4,6-7,11-13H,5,8-10H2,1-3H3,(H,21,24). The predicted octanol–water partition coefficient (Wildman–Crippen LogP) is 2.65. The number of amides is 1. The molecule has 1 aromatic heterocycles. The lowest BCUT2D eigenvalue weighted by Gasteiger charge is -2.09. The summed E-state index contributed by atoms with van der Waals surface area (Å²) in [5, 5.41) is 2.56. The van der Waals surface area contributed by atoms with Crippen molar-refractivity contribution in [3.8, 4) is 5.75 Å². The highest BCUT2D eigenvalue weighted by Gasteiger charge is 2.14. The van der Waals surface area contributed by atoms with Crippen LogP contribution in [0.2, 0.25) is 0 Å². The number of nitrogens with zero attached hydrogens (tertiary/aromatic N) is 1. The number of nitrogens with one attached hydrogen (secondary N) is 1. The van der Waals surface area contributed by atoms with Gasteiger partial charge in [0, 0.05) is 44.9 Å². The Morgan fingerprint density at radius 3 is 2.65 bits per heavy atom. The molecule has 0 aliphatic carbocycles. The van der Waals surface area contributed by atoms with Crippen LogP contribution in [-0.2, 0) is 11.2 Å². The maximum absolute atomic E-state index is 12.5. The summed E-state index contributed by atoms with van der Waals surface area (Å²) in [6.45, 7) is 0.524. The predicted molar refractivity (Wildman–Crippen MR) is 98.9 cm³/mol. The van der Waals surface area contributed by atoms with E-state index in [1.165, 1.54) is 0 Å². The lowest BCUT2D eigenvalue weighted by molar-refractivity contribution is 0.0958. The highest BCUT2D eigenvalue weighted by atomic mass is 16.5. The molecule has 0 saturated heterocycles. The Labute approximate surface area is 153 Å². The summed E-state index contributed by atoms with van der Waals surface area (Å²) in [4.78, 5) is 28.9. The number of carbonyl (C=O) groups is 2. The van der Waals surface area contributed by atoms with Gasteiger partial charge >= 0.3 is 0 Å². The molecule has 1 heterocycles. The minimum atomic E-state index is -0.316. The molecule has 0 bridgehead atoms. The van der Waals surface area contributed by atoms with Crippen molar-refractivity contribution in [1.82, 2.24) is 10.3 Å². The van der Waals surface area contributed by atoms with Crippen molar-refractivity contribution in [3.05, 3.63) is 58.9 Å². The van der Waals surface area contributed by atoms with E-state index in [1.54, 1.807) is 33.4 Å². The molecule has 0 saturated carbocycles. The van der Waals surface area contributed by atoms with Crippen LogP contribution in [0.15, 0.2) is 36.4 Å². The third kappa shape index (κ3) is 5.39. The van der Waals surface area contributed by atoms with Crippen molar-refractivity contribution in [2.24, 2.45) is 0 Å². The van der Waals surface area contributed by atoms with Gasteiger partial charge in [-0.2, -0.15) is 0 Å². The van der Waals surface area contributed by atoms with Gasteiger partial charge in [-0.25, -0.2) is 4.98 Å². The first kappa shape index (κ1) is 19.6. The van der Waals surface area contributed by atoms with Gasteiger partial charge < -0.3 is 14.8 Å². The van der Waals surface area contributed by atoms with E-state index in [1.807, 2.05) is 24.3 Å². The molecule has 26 heavy (non-hydrogen) atoms. The Bertz CT molecular complexity index is 774. The second-order valence-electron chi connectivity index (χ2n) is 5.86. The summed E-state index contributed by atoms with van der Waals surface area (Å²) in [7, 11) is 4.76. The van der Waals surface area contributed by atoms with Crippen molar-refractivity contribution in [1.29, 1.82) is 0 Å². The molecule has 1 N–H and O–H groups in total. The molecular formula is C20H24N2O4. The van der Waals surface area contributed by atoms with E-state index < -0.39 is 0 Å². The third-order valence-electron chi connectivity index (χ3n) is 3.93. The van der Waals surface area contributed by atoms with Crippen LogP contribution in [0.3, 0.4) is 0 Å². The van der Waals surface area contributed by atoms with Crippen LogP contribution >= 0.6 is 0 Å². The molecule has 6 heteroatoms. The number of benzene rings is 1. The fraction of sp³-hybridized carbons (Fsp3) is 0.350. The molecule has 138 valence electrons. The topological polar surface area (TPSA) is 77.5 Å². The highest BCUT2D eigenvalue weighted by molar-refractivity contribution is 5.99. The van der Waals surface area contributed by atoms with Crippen LogP contribution in [0.25, 0.3) is 0 Å². The molecule has 6 nitrogen and oxygen atoms in total. The summed E-state index contributed by atoms with van der Waals surface area (Å²) in [6, 6.07) is 10.9. The number of carbonyl (C=O) groups excluding carboxylic acids is 2. The Morgan fingerprint density at radius 1 is 1.15 bits per heavy atom. The average molecular weight is 356 g/mol. The summed E-state index contributed by atoms with van der Waals surface area (Å²) in [6.07, 6.45) is 1.50.